The number of carbonyl (C=O) groups is 2. The molecule has 2 aromatic heterocycles. The molecular formula is C23H20N4O2. The van der Waals surface area contributed by atoms with Gasteiger partial charge >= 0.3 is 0 Å². The van der Waals surface area contributed by atoms with Gasteiger partial charge < -0.3 is 10.6 Å². The van der Waals surface area contributed by atoms with Crippen molar-refractivity contribution < 1.29 is 9.59 Å². The summed E-state index contributed by atoms with van der Waals surface area (Å²) in [6.07, 6.45) is 1.72. The first-order valence-electron chi connectivity index (χ1n) is 9.25. The molecule has 0 spiro atoms. The van der Waals surface area contributed by atoms with E-state index >= 15 is 0 Å². The second kappa shape index (κ2) is 7.59. The Morgan fingerprint density at radius 2 is 1.55 bits per heavy atom. The number of nitrogens with one attached hydrogen (secondary N) is 2. The Morgan fingerprint density at radius 3 is 2.31 bits per heavy atom. The SMILES string of the molecule is Cc1ccc(NC(=O)c2nc(C(=O)Nc3ccccc3C)n3ccccc23)cc1. The quantitative estimate of drug-likeness (QED) is 0.546. The molecule has 29 heavy (non-hydrogen) atoms. The number of imidazole rings is 1. The smallest absolute Gasteiger partial charge is 0.292 e. The minimum Gasteiger partial charge on any atom is -0.321 e. The van der Waals surface area contributed by atoms with E-state index in [2.05, 4.69) is 15.6 Å². The molecule has 4 rings (SSSR count). The fraction of sp³-hybridized carbons (Fsp3) is 0.0870. The van der Waals surface area contributed by atoms with Gasteiger partial charge in [-0.1, -0.05) is 42.0 Å². The van der Waals surface area contributed by atoms with Gasteiger partial charge in [0.1, 0.15) is 0 Å². The summed E-state index contributed by atoms with van der Waals surface area (Å²) in [5.41, 5.74) is 4.18. The fourth-order valence-electron chi connectivity index (χ4n) is 3.08. The van der Waals surface area contributed by atoms with Crippen molar-refractivity contribution in [3.05, 3.63) is 95.6 Å². The van der Waals surface area contributed by atoms with E-state index in [4.69, 9.17) is 0 Å². The molecule has 0 atom stereocenters. The first-order valence-corrected chi connectivity index (χ1v) is 9.25. The Balaban J connectivity index is 1.67. The highest BCUT2D eigenvalue weighted by Crippen LogP contribution is 2.19. The number of aromatic nitrogens is 2. The molecule has 2 N–H and O–H groups in total. The van der Waals surface area contributed by atoms with Crippen molar-refractivity contribution >= 4 is 28.7 Å². The summed E-state index contributed by atoms with van der Waals surface area (Å²) in [5.74, 6) is -0.597. The zero-order valence-corrected chi connectivity index (χ0v) is 16.1. The van der Waals surface area contributed by atoms with Crippen LogP contribution in [0.15, 0.2) is 72.9 Å². The largest absolute Gasteiger partial charge is 0.321 e. The summed E-state index contributed by atoms with van der Waals surface area (Å²) in [7, 11) is 0. The van der Waals surface area contributed by atoms with Crippen molar-refractivity contribution in [3.8, 4) is 0 Å². The van der Waals surface area contributed by atoms with E-state index in [9.17, 15) is 9.59 Å². The molecule has 0 saturated heterocycles. The molecule has 0 aliphatic rings. The Morgan fingerprint density at radius 1 is 0.828 bits per heavy atom. The third-order valence-electron chi connectivity index (χ3n) is 4.67. The lowest BCUT2D eigenvalue weighted by Crippen LogP contribution is -2.17. The highest BCUT2D eigenvalue weighted by atomic mass is 16.2. The number of aryl methyl sites for hydroxylation is 2. The Bertz CT molecular complexity index is 1210. The summed E-state index contributed by atoms with van der Waals surface area (Å²) >= 11 is 0. The minimum atomic E-state index is -0.380. The van der Waals surface area contributed by atoms with Crippen LogP contribution in [0, 0.1) is 13.8 Å². The maximum atomic E-state index is 12.9. The van der Waals surface area contributed by atoms with Crippen LogP contribution in [0.2, 0.25) is 0 Å². The van der Waals surface area contributed by atoms with Gasteiger partial charge in [-0.3, -0.25) is 14.0 Å². The number of hydrogen-bond donors (Lipinski definition) is 2. The highest BCUT2D eigenvalue weighted by Gasteiger charge is 2.22. The number of rotatable bonds is 4. The lowest BCUT2D eigenvalue weighted by atomic mass is 10.2. The average Bonchev–Trinajstić information content (AvgIpc) is 3.11. The molecule has 2 heterocycles. The normalized spacial score (nSPS) is 10.7. The molecule has 6 heteroatoms. The first-order chi connectivity index (χ1) is 14.0. The van der Waals surface area contributed by atoms with E-state index in [0.29, 0.717) is 16.9 Å². The van der Waals surface area contributed by atoms with Crippen molar-refractivity contribution in [1.29, 1.82) is 0 Å². The monoisotopic (exact) mass is 384 g/mol. The van der Waals surface area contributed by atoms with Gasteiger partial charge in [-0.05, 0) is 49.7 Å². The average molecular weight is 384 g/mol. The maximum absolute atomic E-state index is 12.9. The lowest BCUT2D eigenvalue weighted by Gasteiger charge is -2.07. The second-order valence-corrected chi connectivity index (χ2v) is 6.83. The molecular weight excluding hydrogens is 364 g/mol. The molecule has 0 radical (unpaired) electrons. The van der Waals surface area contributed by atoms with Crippen molar-refractivity contribution in [3.63, 3.8) is 0 Å². The molecule has 0 bridgehead atoms. The number of para-hydroxylation sites is 1. The van der Waals surface area contributed by atoms with Gasteiger partial charge in [-0.15, -0.1) is 0 Å². The van der Waals surface area contributed by atoms with Crippen LogP contribution in [-0.2, 0) is 0 Å². The molecule has 0 aliphatic heterocycles. The van der Waals surface area contributed by atoms with Crippen LogP contribution >= 0.6 is 0 Å². The summed E-state index contributed by atoms with van der Waals surface area (Å²) in [4.78, 5) is 30.1. The predicted molar refractivity (Wildman–Crippen MR) is 113 cm³/mol. The maximum Gasteiger partial charge on any atom is 0.292 e. The third kappa shape index (κ3) is 3.73. The molecule has 4 aromatic rings. The third-order valence-corrected chi connectivity index (χ3v) is 4.67. The molecule has 2 amide bonds. The van der Waals surface area contributed by atoms with Crippen LogP contribution in [0.4, 0.5) is 11.4 Å². The topological polar surface area (TPSA) is 75.5 Å². The number of pyridine rings is 1. The van der Waals surface area contributed by atoms with Gasteiger partial charge in [-0.25, -0.2) is 4.98 Å². The van der Waals surface area contributed by atoms with E-state index in [1.165, 1.54) is 0 Å². The number of amides is 2. The zero-order chi connectivity index (χ0) is 20.4. The van der Waals surface area contributed by atoms with Gasteiger partial charge in [-0.2, -0.15) is 0 Å². The molecule has 0 aliphatic carbocycles. The number of fused-ring (bicyclic) bond motifs is 1. The van der Waals surface area contributed by atoms with Crippen LogP contribution in [0.5, 0.6) is 0 Å². The van der Waals surface area contributed by atoms with Gasteiger partial charge in [0.05, 0.1) is 5.52 Å². The number of carbonyl (C=O) groups excluding carboxylic acids is 2. The van der Waals surface area contributed by atoms with Gasteiger partial charge in [0.15, 0.2) is 5.69 Å². The number of anilines is 2. The molecule has 2 aromatic carbocycles. The fourth-order valence-corrected chi connectivity index (χ4v) is 3.08. The van der Waals surface area contributed by atoms with Crippen LogP contribution < -0.4 is 10.6 Å². The number of hydrogen-bond acceptors (Lipinski definition) is 3. The van der Waals surface area contributed by atoms with Crippen molar-refractivity contribution in [2.75, 3.05) is 10.6 Å². The Hall–Kier alpha value is -3.93. The zero-order valence-electron chi connectivity index (χ0n) is 16.1. The van der Waals surface area contributed by atoms with E-state index in [0.717, 1.165) is 11.1 Å². The van der Waals surface area contributed by atoms with Crippen molar-refractivity contribution in [1.82, 2.24) is 9.38 Å². The molecule has 0 unspecified atom stereocenters. The number of benzene rings is 2. The van der Waals surface area contributed by atoms with Gasteiger partial charge in [0, 0.05) is 17.6 Å². The van der Waals surface area contributed by atoms with E-state index in [1.807, 2.05) is 68.4 Å². The summed E-state index contributed by atoms with van der Waals surface area (Å²) < 4.78 is 1.62. The number of nitrogens with zero attached hydrogens (tertiary/aromatic N) is 2. The van der Waals surface area contributed by atoms with Gasteiger partial charge in [0.2, 0.25) is 5.82 Å². The summed E-state index contributed by atoms with van der Waals surface area (Å²) in [6.45, 7) is 3.90. The summed E-state index contributed by atoms with van der Waals surface area (Å²) in [5, 5.41) is 5.72. The van der Waals surface area contributed by atoms with Crippen molar-refractivity contribution in [2.45, 2.75) is 13.8 Å². The van der Waals surface area contributed by atoms with Crippen LogP contribution in [0.1, 0.15) is 32.2 Å². The van der Waals surface area contributed by atoms with Crippen molar-refractivity contribution in [2.24, 2.45) is 0 Å². The molecule has 6 nitrogen and oxygen atoms in total. The molecule has 144 valence electrons. The Labute approximate surface area is 168 Å². The minimum absolute atomic E-state index is 0.151. The molecule has 0 fully saturated rings. The van der Waals surface area contributed by atoms with E-state index < -0.39 is 0 Å². The highest BCUT2D eigenvalue weighted by molar-refractivity contribution is 6.10. The van der Waals surface area contributed by atoms with Crippen LogP contribution in [-0.4, -0.2) is 21.2 Å². The first kappa shape index (κ1) is 18.4. The standard InChI is InChI=1S/C23H20N4O2/c1-15-10-12-17(13-11-15)24-22(28)20-19-9-5-6-14-27(19)21(26-20)23(29)25-18-8-4-3-7-16(18)2/h3-14H,1-2H3,(H,24,28)(H,25,29). The van der Waals surface area contributed by atoms with Crippen LogP contribution in [0.25, 0.3) is 5.52 Å². The van der Waals surface area contributed by atoms with E-state index in [-0.39, 0.29) is 23.3 Å². The summed E-state index contributed by atoms with van der Waals surface area (Å²) in [6, 6.07) is 20.4. The lowest BCUT2D eigenvalue weighted by molar-refractivity contribution is 0.101. The Kier molecular flexibility index (Phi) is 4.83. The second-order valence-electron chi connectivity index (χ2n) is 6.83. The molecule has 0 saturated carbocycles. The van der Waals surface area contributed by atoms with Crippen LogP contribution in [0.3, 0.4) is 0 Å². The van der Waals surface area contributed by atoms with Gasteiger partial charge in [0.25, 0.3) is 11.8 Å². The predicted octanol–water partition coefficient (Wildman–Crippen LogP) is 4.46. The van der Waals surface area contributed by atoms with E-state index in [1.54, 1.807) is 22.7 Å².